The summed E-state index contributed by atoms with van der Waals surface area (Å²) in [5, 5.41) is 29.6. The third-order valence-electron chi connectivity index (χ3n) is 3.18. The zero-order chi connectivity index (χ0) is 14.5. The van der Waals surface area contributed by atoms with E-state index in [1.165, 1.54) is 0 Å². The van der Waals surface area contributed by atoms with Gasteiger partial charge in [0.25, 0.3) is 6.04 Å². The first-order valence-corrected chi connectivity index (χ1v) is 6.21. The molecule has 5 heteroatoms. The highest BCUT2D eigenvalue weighted by molar-refractivity contribution is 5.63. The van der Waals surface area contributed by atoms with E-state index in [9.17, 15) is 15.2 Å². The van der Waals surface area contributed by atoms with Gasteiger partial charge in [0.2, 0.25) is 0 Å². The van der Waals surface area contributed by atoms with Crippen molar-refractivity contribution in [1.82, 2.24) is 0 Å². The Morgan fingerprint density at radius 3 is 2.05 bits per heavy atom. The van der Waals surface area contributed by atoms with E-state index >= 15 is 0 Å². The van der Waals surface area contributed by atoms with Crippen molar-refractivity contribution in [3.05, 3.63) is 70.3 Å². The monoisotopic (exact) mass is 273 g/mol. The summed E-state index contributed by atoms with van der Waals surface area (Å²) in [6, 6.07) is 15.1. The lowest BCUT2D eigenvalue weighted by molar-refractivity contribution is -0.539. The molecular weight excluding hydrogens is 258 g/mol. The van der Waals surface area contributed by atoms with Crippen LogP contribution in [0.5, 0.6) is 0 Å². The quantitative estimate of drug-likeness (QED) is 0.645. The van der Waals surface area contributed by atoms with Crippen LogP contribution < -0.4 is 0 Å². The van der Waals surface area contributed by atoms with Gasteiger partial charge in [-0.3, -0.25) is 10.1 Å². The standard InChI is InChI=1S/C15H15NO4/c17-10-14(16(19)20)15(18)13-8-6-12(7-9-13)11-4-2-1-3-5-11/h1-9,14-15,17-18H,10H2. The highest BCUT2D eigenvalue weighted by Gasteiger charge is 2.30. The number of aliphatic hydroxyl groups is 2. The Balaban J connectivity index is 2.22. The van der Waals surface area contributed by atoms with Crippen molar-refractivity contribution in [3.8, 4) is 11.1 Å². The van der Waals surface area contributed by atoms with Gasteiger partial charge in [-0.25, -0.2) is 0 Å². The van der Waals surface area contributed by atoms with E-state index in [0.29, 0.717) is 5.56 Å². The first-order chi connectivity index (χ1) is 9.63. The van der Waals surface area contributed by atoms with Gasteiger partial charge in [0.15, 0.2) is 0 Å². The summed E-state index contributed by atoms with van der Waals surface area (Å²) >= 11 is 0. The van der Waals surface area contributed by atoms with E-state index < -0.39 is 23.7 Å². The minimum atomic E-state index is -1.41. The van der Waals surface area contributed by atoms with Crippen molar-refractivity contribution < 1.29 is 15.1 Å². The Bertz CT molecular complexity index is 568. The molecule has 0 saturated heterocycles. The molecule has 0 aliphatic rings. The van der Waals surface area contributed by atoms with Crippen LogP contribution in [0.3, 0.4) is 0 Å². The lowest BCUT2D eigenvalue weighted by Crippen LogP contribution is -2.31. The Hall–Kier alpha value is -2.24. The van der Waals surface area contributed by atoms with Gasteiger partial charge in [-0.15, -0.1) is 0 Å². The van der Waals surface area contributed by atoms with Gasteiger partial charge in [0, 0.05) is 4.92 Å². The maximum Gasteiger partial charge on any atom is 0.265 e. The second kappa shape index (κ2) is 6.27. The van der Waals surface area contributed by atoms with Crippen LogP contribution in [0.15, 0.2) is 54.6 Å². The summed E-state index contributed by atoms with van der Waals surface area (Å²) in [5.74, 6) is 0. The summed E-state index contributed by atoms with van der Waals surface area (Å²) in [6.07, 6.45) is -1.32. The second-order valence-corrected chi connectivity index (χ2v) is 4.47. The first kappa shape index (κ1) is 14.2. The minimum Gasteiger partial charge on any atom is -0.389 e. The van der Waals surface area contributed by atoms with Gasteiger partial charge in [-0.1, -0.05) is 54.6 Å². The van der Waals surface area contributed by atoms with Crippen LogP contribution >= 0.6 is 0 Å². The summed E-state index contributed by atoms with van der Waals surface area (Å²) in [6.45, 7) is -0.700. The number of hydrogen-bond donors (Lipinski definition) is 2. The molecule has 0 bridgehead atoms. The highest BCUT2D eigenvalue weighted by Crippen LogP contribution is 2.24. The predicted octanol–water partition coefficient (Wildman–Crippen LogP) is 2.02. The van der Waals surface area contributed by atoms with Crippen molar-refractivity contribution in [1.29, 1.82) is 0 Å². The third-order valence-corrected chi connectivity index (χ3v) is 3.18. The molecule has 0 saturated carbocycles. The molecular formula is C15H15NO4. The summed E-state index contributed by atoms with van der Waals surface area (Å²) in [5.41, 5.74) is 2.41. The van der Waals surface area contributed by atoms with Crippen LogP contribution in [-0.4, -0.2) is 27.8 Å². The summed E-state index contributed by atoms with van der Waals surface area (Å²) < 4.78 is 0. The van der Waals surface area contributed by atoms with Crippen LogP contribution in [0.25, 0.3) is 11.1 Å². The number of rotatable bonds is 5. The molecule has 2 N–H and O–H groups in total. The maximum absolute atomic E-state index is 10.7. The van der Waals surface area contributed by atoms with Crippen molar-refractivity contribution >= 4 is 0 Å². The number of hydrogen-bond acceptors (Lipinski definition) is 4. The van der Waals surface area contributed by atoms with Crippen LogP contribution in [0.2, 0.25) is 0 Å². The molecule has 2 atom stereocenters. The largest absolute Gasteiger partial charge is 0.389 e. The fraction of sp³-hybridized carbons (Fsp3) is 0.200. The van der Waals surface area contributed by atoms with Crippen LogP contribution in [-0.2, 0) is 0 Å². The van der Waals surface area contributed by atoms with E-state index in [2.05, 4.69) is 0 Å². The van der Waals surface area contributed by atoms with Gasteiger partial charge in [0.05, 0.1) is 0 Å². The average Bonchev–Trinajstić information content (AvgIpc) is 2.48. The molecule has 0 heterocycles. The molecule has 2 aromatic carbocycles. The number of nitrogens with zero attached hydrogens (tertiary/aromatic N) is 1. The summed E-state index contributed by atoms with van der Waals surface area (Å²) in [4.78, 5) is 10.0. The zero-order valence-corrected chi connectivity index (χ0v) is 10.7. The van der Waals surface area contributed by atoms with Gasteiger partial charge in [-0.2, -0.15) is 0 Å². The van der Waals surface area contributed by atoms with Gasteiger partial charge >= 0.3 is 0 Å². The maximum atomic E-state index is 10.7. The number of nitro groups is 1. The number of benzene rings is 2. The fourth-order valence-electron chi connectivity index (χ4n) is 2.01. The Morgan fingerprint density at radius 1 is 1.00 bits per heavy atom. The normalized spacial score (nSPS) is 13.7. The SMILES string of the molecule is O=[N+]([O-])C(CO)C(O)c1ccc(-c2ccccc2)cc1. The second-order valence-electron chi connectivity index (χ2n) is 4.47. The van der Waals surface area contributed by atoms with Crippen LogP contribution in [0.1, 0.15) is 11.7 Å². The molecule has 5 nitrogen and oxygen atoms in total. The van der Waals surface area contributed by atoms with Crippen molar-refractivity contribution in [2.75, 3.05) is 6.61 Å². The van der Waals surface area contributed by atoms with E-state index in [1.54, 1.807) is 24.3 Å². The van der Waals surface area contributed by atoms with Gasteiger partial charge in [-0.05, 0) is 16.7 Å². The highest BCUT2D eigenvalue weighted by atomic mass is 16.6. The van der Waals surface area contributed by atoms with Gasteiger partial charge < -0.3 is 10.2 Å². The molecule has 0 aliphatic carbocycles. The van der Waals surface area contributed by atoms with Gasteiger partial charge in [0.1, 0.15) is 12.7 Å². The number of aliphatic hydroxyl groups excluding tert-OH is 2. The fourth-order valence-corrected chi connectivity index (χ4v) is 2.01. The lowest BCUT2D eigenvalue weighted by Gasteiger charge is -2.14. The van der Waals surface area contributed by atoms with Crippen molar-refractivity contribution in [2.45, 2.75) is 12.1 Å². The van der Waals surface area contributed by atoms with E-state index in [1.807, 2.05) is 30.3 Å². The molecule has 0 amide bonds. The third kappa shape index (κ3) is 3.01. The Labute approximate surface area is 116 Å². The lowest BCUT2D eigenvalue weighted by atomic mass is 9.99. The van der Waals surface area contributed by atoms with E-state index in [-0.39, 0.29) is 0 Å². The molecule has 2 aromatic rings. The summed E-state index contributed by atoms with van der Waals surface area (Å²) in [7, 11) is 0. The molecule has 20 heavy (non-hydrogen) atoms. The Morgan fingerprint density at radius 2 is 1.55 bits per heavy atom. The molecule has 0 spiro atoms. The zero-order valence-electron chi connectivity index (χ0n) is 10.7. The molecule has 0 radical (unpaired) electrons. The first-order valence-electron chi connectivity index (χ1n) is 6.21. The molecule has 2 unspecified atom stereocenters. The van der Waals surface area contributed by atoms with Crippen molar-refractivity contribution in [3.63, 3.8) is 0 Å². The van der Waals surface area contributed by atoms with E-state index in [4.69, 9.17) is 5.11 Å². The molecule has 2 rings (SSSR count). The smallest absolute Gasteiger partial charge is 0.265 e. The minimum absolute atomic E-state index is 0.417. The topological polar surface area (TPSA) is 83.6 Å². The van der Waals surface area contributed by atoms with Crippen LogP contribution in [0.4, 0.5) is 0 Å². The van der Waals surface area contributed by atoms with Crippen LogP contribution in [0, 0.1) is 10.1 Å². The molecule has 0 fully saturated rings. The van der Waals surface area contributed by atoms with E-state index in [0.717, 1.165) is 11.1 Å². The average molecular weight is 273 g/mol. The van der Waals surface area contributed by atoms with Crippen molar-refractivity contribution in [2.24, 2.45) is 0 Å². The molecule has 0 aromatic heterocycles. The predicted molar refractivity (Wildman–Crippen MR) is 74.7 cm³/mol. The molecule has 0 aliphatic heterocycles. The Kier molecular flexibility index (Phi) is 4.45. The molecule has 104 valence electrons.